The molecule has 1 amide bonds. The molecule has 1 fully saturated rings. The van der Waals surface area contributed by atoms with E-state index in [-0.39, 0.29) is 40.8 Å². The van der Waals surface area contributed by atoms with E-state index in [1.54, 1.807) is 0 Å². The van der Waals surface area contributed by atoms with Gasteiger partial charge in [-0.05, 0) is 46.5 Å². The molecular weight excluding hydrogens is 265 g/mol. The number of amides is 1. The van der Waals surface area contributed by atoms with E-state index in [4.69, 9.17) is 4.74 Å². The molecule has 0 aliphatic heterocycles. The largest absolute Gasteiger partial charge is 1.00 e. The minimum atomic E-state index is -1.99. The number of alkyl carbamates (subject to hydrolysis) is 1. The van der Waals surface area contributed by atoms with Crippen LogP contribution in [0.2, 0.25) is 0 Å². The number of hydrogen-bond acceptors (Lipinski definition) is 4. The summed E-state index contributed by atoms with van der Waals surface area (Å²) >= 11 is -1.99. The van der Waals surface area contributed by atoms with Gasteiger partial charge in [0.25, 0.3) is 0 Å². The first-order valence-corrected chi connectivity index (χ1v) is 6.99. The van der Waals surface area contributed by atoms with Crippen LogP contribution in [0.3, 0.4) is 0 Å². The topological polar surface area (TPSA) is 78.5 Å². The Labute approximate surface area is 133 Å². The molecular formula is C11H20NNaO4S. The maximum Gasteiger partial charge on any atom is 1.00 e. The van der Waals surface area contributed by atoms with Crippen molar-refractivity contribution in [3.63, 3.8) is 0 Å². The smallest absolute Gasteiger partial charge is 0.772 e. The van der Waals surface area contributed by atoms with Gasteiger partial charge in [0.1, 0.15) is 5.60 Å². The molecule has 1 unspecified atom stereocenters. The maximum atomic E-state index is 11.5. The number of ether oxygens (including phenoxy) is 1. The van der Waals surface area contributed by atoms with Crippen molar-refractivity contribution in [1.82, 2.24) is 5.32 Å². The van der Waals surface area contributed by atoms with Crippen LogP contribution in [0.25, 0.3) is 0 Å². The Morgan fingerprint density at radius 1 is 1.28 bits per heavy atom. The van der Waals surface area contributed by atoms with Crippen molar-refractivity contribution in [3.05, 3.63) is 0 Å². The SMILES string of the molecule is CC(C)(C)OC(=O)NC1CCC(S(=O)[O-])CC1.[Na+]. The standard InChI is InChI=1S/C11H21NO4S.Na/c1-11(2,3)16-10(13)12-8-4-6-9(7-5-8)17(14)15;/h8-9H,4-7H2,1-3H3,(H,12,13)(H,14,15);/q;+1/p-1. The van der Waals surface area contributed by atoms with Gasteiger partial charge in [-0.15, -0.1) is 0 Å². The van der Waals surface area contributed by atoms with Gasteiger partial charge >= 0.3 is 35.7 Å². The summed E-state index contributed by atoms with van der Waals surface area (Å²) in [6.07, 6.45) is 2.17. The summed E-state index contributed by atoms with van der Waals surface area (Å²) < 4.78 is 26.7. The van der Waals surface area contributed by atoms with Gasteiger partial charge in [0.2, 0.25) is 0 Å². The fraction of sp³-hybridized carbons (Fsp3) is 0.909. The van der Waals surface area contributed by atoms with E-state index in [2.05, 4.69) is 5.32 Å². The monoisotopic (exact) mass is 285 g/mol. The summed E-state index contributed by atoms with van der Waals surface area (Å²) in [5, 5.41) is 2.52. The first-order valence-electron chi connectivity index (χ1n) is 5.85. The molecule has 1 saturated carbocycles. The number of rotatable bonds is 2. The number of carbonyl (C=O) groups is 1. The van der Waals surface area contributed by atoms with E-state index < -0.39 is 22.8 Å². The van der Waals surface area contributed by atoms with Crippen molar-refractivity contribution < 1.29 is 47.9 Å². The van der Waals surface area contributed by atoms with Gasteiger partial charge in [0.05, 0.1) is 0 Å². The van der Waals surface area contributed by atoms with Crippen LogP contribution in [-0.4, -0.2) is 31.7 Å². The summed E-state index contributed by atoms with van der Waals surface area (Å²) in [6, 6.07) is 0.0321. The first-order chi connectivity index (χ1) is 7.78. The molecule has 100 valence electrons. The van der Waals surface area contributed by atoms with Crippen LogP contribution < -0.4 is 34.9 Å². The van der Waals surface area contributed by atoms with Crippen molar-refractivity contribution in [2.45, 2.75) is 63.3 Å². The molecule has 0 aromatic carbocycles. The molecule has 0 bridgehead atoms. The molecule has 0 saturated heterocycles. The van der Waals surface area contributed by atoms with E-state index in [0.717, 1.165) is 0 Å². The van der Waals surface area contributed by atoms with Gasteiger partial charge in [-0.3, -0.25) is 4.21 Å². The van der Waals surface area contributed by atoms with Gasteiger partial charge in [-0.2, -0.15) is 0 Å². The van der Waals surface area contributed by atoms with E-state index in [9.17, 15) is 13.6 Å². The van der Waals surface area contributed by atoms with Crippen LogP contribution in [0.4, 0.5) is 4.79 Å². The molecule has 18 heavy (non-hydrogen) atoms. The molecule has 1 rings (SSSR count). The van der Waals surface area contributed by atoms with E-state index in [1.165, 1.54) is 0 Å². The predicted octanol–water partition coefficient (Wildman–Crippen LogP) is -1.29. The second kappa shape index (κ2) is 7.85. The van der Waals surface area contributed by atoms with Gasteiger partial charge < -0.3 is 14.6 Å². The molecule has 1 aliphatic carbocycles. The van der Waals surface area contributed by atoms with E-state index in [0.29, 0.717) is 25.7 Å². The third-order valence-electron chi connectivity index (χ3n) is 2.67. The molecule has 5 nitrogen and oxygen atoms in total. The predicted molar refractivity (Wildman–Crippen MR) is 64.3 cm³/mol. The third kappa shape index (κ3) is 7.09. The van der Waals surface area contributed by atoms with Gasteiger partial charge in [-0.1, -0.05) is 11.1 Å². The normalized spacial score (nSPS) is 25.8. The minimum absolute atomic E-state index is 0. The zero-order valence-corrected chi connectivity index (χ0v) is 14.3. The summed E-state index contributed by atoms with van der Waals surface area (Å²) in [4.78, 5) is 11.5. The Hall–Kier alpha value is 0.380. The van der Waals surface area contributed by atoms with Crippen molar-refractivity contribution in [2.75, 3.05) is 0 Å². The van der Waals surface area contributed by atoms with Crippen LogP contribution in [0.1, 0.15) is 46.5 Å². The number of hydrogen-bond donors (Lipinski definition) is 1. The van der Waals surface area contributed by atoms with Crippen molar-refractivity contribution >= 4 is 17.2 Å². The quantitative estimate of drug-likeness (QED) is 0.505. The summed E-state index contributed by atoms with van der Waals surface area (Å²) in [5.74, 6) is 0. The van der Waals surface area contributed by atoms with Crippen LogP contribution >= 0.6 is 0 Å². The van der Waals surface area contributed by atoms with Crippen molar-refractivity contribution in [1.29, 1.82) is 0 Å². The molecule has 0 radical (unpaired) electrons. The average Bonchev–Trinajstić information content (AvgIpc) is 2.15. The Morgan fingerprint density at radius 3 is 2.17 bits per heavy atom. The van der Waals surface area contributed by atoms with Gasteiger partial charge in [0, 0.05) is 11.3 Å². The van der Waals surface area contributed by atoms with Gasteiger partial charge in [-0.25, -0.2) is 4.79 Å². The third-order valence-corrected chi connectivity index (χ3v) is 3.68. The Kier molecular flexibility index (Phi) is 8.01. The second-order valence-electron chi connectivity index (χ2n) is 5.38. The minimum Gasteiger partial charge on any atom is -0.772 e. The first kappa shape index (κ1) is 18.4. The molecule has 7 heteroatoms. The van der Waals surface area contributed by atoms with Crippen LogP contribution in [-0.2, 0) is 15.8 Å². The molecule has 0 aromatic heterocycles. The maximum absolute atomic E-state index is 11.5. The molecule has 0 spiro atoms. The number of nitrogens with one attached hydrogen (secondary N) is 1. The van der Waals surface area contributed by atoms with Crippen LogP contribution in [0.15, 0.2) is 0 Å². The Morgan fingerprint density at radius 2 is 1.78 bits per heavy atom. The Bertz CT molecular complexity index is 298. The van der Waals surface area contributed by atoms with E-state index >= 15 is 0 Å². The average molecular weight is 285 g/mol. The van der Waals surface area contributed by atoms with Crippen LogP contribution in [0.5, 0.6) is 0 Å². The summed E-state index contributed by atoms with van der Waals surface area (Å²) in [6.45, 7) is 5.43. The van der Waals surface area contributed by atoms with Crippen molar-refractivity contribution in [2.24, 2.45) is 0 Å². The molecule has 0 heterocycles. The molecule has 1 atom stereocenters. The molecule has 1 N–H and O–H groups in total. The van der Waals surface area contributed by atoms with E-state index in [1.807, 2.05) is 20.8 Å². The van der Waals surface area contributed by atoms with Gasteiger partial charge in [0.15, 0.2) is 0 Å². The molecule has 1 aliphatic rings. The fourth-order valence-electron chi connectivity index (χ4n) is 1.87. The zero-order valence-electron chi connectivity index (χ0n) is 11.5. The fourth-order valence-corrected chi connectivity index (χ4v) is 2.53. The summed E-state index contributed by atoms with van der Waals surface area (Å²) in [7, 11) is 0. The zero-order chi connectivity index (χ0) is 13.1. The van der Waals surface area contributed by atoms with Crippen LogP contribution in [0, 0.1) is 0 Å². The van der Waals surface area contributed by atoms with Crippen molar-refractivity contribution in [3.8, 4) is 0 Å². The number of carbonyl (C=O) groups excluding carboxylic acids is 1. The second-order valence-corrected chi connectivity index (χ2v) is 6.57. The Balaban J connectivity index is 0.00000289. The summed E-state index contributed by atoms with van der Waals surface area (Å²) in [5.41, 5.74) is -0.502. The molecule has 0 aromatic rings.